The molecule has 2 aromatic rings. The van der Waals surface area contributed by atoms with Crippen LogP contribution in [0.25, 0.3) is 0 Å². The van der Waals surface area contributed by atoms with Crippen molar-refractivity contribution in [3.8, 4) is 11.5 Å². The van der Waals surface area contributed by atoms with E-state index in [0.717, 1.165) is 3.57 Å². The van der Waals surface area contributed by atoms with Gasteiger partial charge in [-0.15, -0.1) is 0 Å². The van der Waals surface area contributed by atoms with E-state index in [1.807, 2.05) is 12.1 Å². The molecule has 0 aromatic heterocycles. The van der Waals surface area contributed by atoms with Crippen LogP contribution in [0.4, 0.5) is 5.69 Å². The zero-order valence-electron chi connectivity index (χ0n) is 10.9. The van der Waals surface area contributed by atoms with Crippen LogP contribution in [0.15, 0.2) is 36.4 Å². The zero-order chi connectivity index (χ0) is 14.8. The van der Waals surface area contributed by atoms with Gasteiger partial charge in [0.25, 0.3) is 5.91 Å². The lowest BCUT2D eigenvalue weighted by atomic mass is 10.2. The highest BCUT2D eigenvalue weighted by Crippen LogP contribution is 2.39. The van der Waals surface area contributed by atoms with Gasteiger partial charge in [-0.25, -0.2) is 0 Å². The first-order valence-electron chi connectivity index (χ1n) is 6.29. The summed E-state index contributed by atoms with van der Waals surface area (Å²) in [5.74, 6) is 0.876. The standard InChI is InChI=1S/C15H11ClINO3/c16-12-7-11(8-13-14(12)21-6-5-20-13)18-15(19)9-1-3-10(17)4-2-9/h1-4,7-8H,5-6H2,(H,18,19). The first kappa shape index (κ1) is 14.5. The molecule has 21 heavy (non-hydrogen) atoms. The molecule has 0 aliphatic carbocycles. The van der Waals surface area contributed by atoms with Crippen LogP contribution < -0.4 is 14.8 Å². The van der Waals surface area contributed by atoms with Crippen LogP contribution >= 0.6 is 34.2 Å². The van der Waals surface area contributed by atoms with Gasteiger partial charge < -0.3 is 14.8 Å². The van der Waals surface area contributed by atoms with Crippen molar-refractivity contribution in [1.29, 1.82) is 0 Å². The Morgan fingerprint density at radius 2 is 1.86 bits per heavy atom. The SMILES string of the molecule is O=C(Nc1cc(Cl)c2c(c1)OCCO2)c1ccc(I)cc1. The maximum absolute atomic E-state index is 12.2. The van der Waals surface area contributed by atoms with E-state index in [1.165, 1.54) is 0 Å². The van der Waals surface area contributed by atoms with Gasteiger partial charge in [-0.2, -0.15) is 0 Å². The molecule has 1 N–H and O–H groups in total. The van der Waals surface area contributed by atoms with Crippen LogP contribution in [0, 0.1) is 3.57 Å². The van der Waals surface area contributed by atoms with Gasteiger partial charge in [-0.3, -0.25) is 4.79 Å². The summed E-state index contributed by atoms with van der Waals surface area (Å²) in [5.41, 5.74) is 1.16. The lowest BCUT2D eigenvalue weighted by Gasteiger charge is -2.20. The maximum atomic E-state index is 12.2. The number of hydrogen-bond donors (Lipinski definition) is 1. The topological polar surface area (TPSA) is 47.6 Å². The fourth-order valence-corrected chi connectivity index (χ4v) is 2.61. The van der Waals surface area contributed by atoms with Crippen molar-refractivity contribution in [2.24, 2.45) is 0 Å². The number of halogens is 2. The highest BCUT2D eigenvalue weighted by molar-refractivity contribution is 14.1. The molecule has 0 atom stereocenters. The summed E-state index contributed by atoms with van der Waals surface area (Å²) in [6.07, 6.45) is 0. The second-order valence-corrected chi connectivity index (χ2v) is 6.10. The van der Waals surface area contributed by atoms with E-state index in [1.54, 1.807) is 24.3 Å². The van der Waals surface area contributed by atoms with Gasteiger partial charge in [0.1, 0.15) is 13.2 Å². The third-order valence-electron chi connectivity index (χ3n) is 2.96. The summed E-state index contributed by atoms with van der Waals surface area (Å²) in [4.78, 5) is 12.2. The fraction of sp³-hybridized carbons (Fsp3) is 0.133. The molecule has 1 amide bonds. The second-order valence-electron chi connectivity index (χ2n) is 4.44. The smallest absolute Gasteiger partial charge is 0.255 e. The van der Waals surface area contributed by atoms with Gasteiger partial charge in [-0.05, 0) is 52.9 Å². The molecule has 3 rings (SSSR count). The second kappa shape index (κ2) is 6.11. The number of hydrogen-bond acceptors (Lipinski definition) is 3. The van der Waals surface area contributed by atoms with Gasteiger partial charge in [-0.1, -0.05) is 11.6 Å². The molecular formula is C15H11ClINO3. The lowest BCUT2D eigenvalue weighted by molar-refractivity contribution is 0.102. The van der Waals surface area contributed by atoms with Gasteiger partial charge in [0.15, 0.2) is 11.5 Å². The molecule has 4 nitrogen and oxygen atoms in total. The van der Waals surface area contributed by atoms with Crippen LogP contribution in [-0.2, 0) is 0 Å². The molecule has 2 aromatic carbocycles. The number of carbonyl (C=O) groups excluding carboxylic acids is 1. The number of carbonyl (C=O) groups is 1. The molecule has 0 unspecified atom stereocenters. The van der Waals surface area contributed by atoms with E-state index in [4.69, 9.17) is 21.1 Å². The van der Waals surface area contributed by atoms with Crippen molar-refractivity contribution < 1.29 is 14.3 Å². The molecule has 0 bridgehead atoms. The number of fused-ring (bicyclic) bond motifs is 1. The van der Waals surface area contributed by atoms with Crippen LogP contribution in [0.5, 0.6) is 11.5 Å². The number of amides is 1. The largest absolute Gasteiger partial charge is 0.486 e. The lowest BCUT2D eigenvalue weighted by Crippen LogP contribution is -2.17. The van der Waals surface area contributed by atoms with E-state index >= 15 is 0 Å². The van der Waals surface area contributed by atoms with Crippen molar-refractivity contribution in [2.75, 3.05) is 18.5 Å². The molecule has 1 heterocycles. The Morgan fingerprint density at radius 1 is 1.14 bits per heavy atom. The zero-order valence-corrected chi connectivity index (χ0v) is 13.8. The Labute approximate surface area is 140 Å². The minimum atomic E-state index is -0.195. The minimum Gasteiger partial charge on any atom is -0.486 e. The first-order valence-corrected chi connectivity index (χ1v) is 7.75. The normalized spacial score (nSPS) is 12.9. The molecule has 108 valence electrons. The monoisotopic (exact) mass is 415 g/mol. The molecular weight excluding hydrogens is 405 g/mol. The Hall–Kier alpha value is -1.47. The quantitative estimate of drug-likeness (QED) is 0.755. The van der Waals surface area contributed by atoms with Crippen molar-refractivity contribution in [2.45, 2.75) is 0 Å². The van der Waals surface area contributed by atoms with Gasteiger partial charge in [0.2, 0.25) is 0 Å². The molecule has 0 spiro atoms. The molecule has 1 aliphatic heterocycles. The van der Waals surface area contributed by atoms with Crippen molar-refractivity contribution >= 4 is 45.8 Å². The summed E-state index contributed by atoms with van der Waals surface area (Å²) in [5, 5.41) is 3.23. The Balaban J connectivity index is 1.83. The van der Waals surface area contributed by atoms with Crippen molar-refractivity contribution in [1.82, 2.24) is 0 Å². The summed E-state index contributed by atoms with van der Waals surface area (Å²) >= 11 is 8.33. The Morgan fingerprint density at radius 3 is 2.62 bits per heavy atom. The average Bonchev–Trinajstić information content (AvgIpc) is 2.48. The summed E-state index contributed by atoms with van der Waals surface area (Å²) in [6, 6.07) is 10.7. The average molecular weight is 416 g/mol. The number of rotatable bonds is 2. The summed E-state index contributed by atoms with van der Waals surface area (Å²) < 4.78 is 12.0. The molecule has 0 radical (unpaired) electrons. The van der Waals surface area contributed by atoms with Gasteiger partial charge in [0.05, 0.1) is 5.02 Å². The number of ether oxygens (including phenoxy) is 2. The summed E-state index contributed by atoms with van der Waals surface area (Å²) in [7, 11) is 0. The molecule has 0 saturated carbocycles. The van der Waals surface area contributed by atoms with Crippen LogP contribution in [0.3, 0.4) is 0 Å². The van der Waals surface area contributed by atoms with E-state index in [9.17, 15) is 4.79 Å². The molecule has 0 saturated heterocycles. The molecule has 0 fully saturated rings. The van der Waals surface area contributed by atoms with Crippen molar-refractivity contribution in [3.05, 3.63) is 50.6 Å². The van der Waals surface area contributed by atoms with E-state index < -0.39 is 0 Å². The Kier molecular flexibility index (Phi) is 4.21. The van der Waals surface area contributed by atoms with Gasteiger partial charge >= 0.3 is 0 Å². The maximum Gasteiger partial charge on any atom is 0.255 e. The molecule has 6 heteroatoms. The van der Waals surface area contributed by atoms with E-state index in [-0.39, 0.29) is 5.91 Å². The fourth-order valence-electron chi connectivity index (χ4n) is 1.99. The minimum absolute atomic E-state index is 0.195. The third kappa shape index (κ3) is 3.24. The van der Waals surface area contributed by atoms with E-state index in [0.29, 0.717) is 41.0 Å². The molecule has 1 aliphatic rings. The summed E-state index contributed by atoms with van der Waals surface area (Å²) in [6.45, 7) is 0.943. The first-order chi connectivity index (χ1) is 10.1. The predicted octanol–water partition coefficient (Wildman–Crippen LogP) is 3.97. The van der Waals surface area contributed by atoms with Crippen LogP contribution in [0.1, 0.15) is 10.4 Å². The third-order valence-corrected chi connectivity index (χ3v) is 3.96. The Bertz CT molecular complexity index is 688. The highest BCUT2D eigenvalue weighted by Gasteiger charge is 2.17. The highest BCUT2D eigenvalue weighted by atomic mass is 127. The predicted molar refractivity (Wildman–Crippen MR) is 89.6 cm³/mol. The number of benzene rings is 2. The van der Waals surface area contributed by atoms with Crippen LogP contribution in [-0.4, -0.2) is 19.1 Å². The van der Waals surface area contributed by atoms with Crippen LogP contribution in [0.2, 0.25) is 5.02 Å². The number of nitrogens with one attached hydrogen (secondary N) is 1. The van der Waals surface area contributed by atoms with Gasteiger partial charge in [0, 0.05) is 20.9 Å². The van der Waals surface area contributed by atoms with E-state index in [2.05, 4.69) is 27.9 Å². The van der Waals surface area contributed by atoms with Crippen molar-refractivity contribution in [3.63, 3.8) is 0 Å². The number of anilines is 1.